The number of sulfonamides is 1. The van der Waals surface area contributed by atoms with Crippen LogP contribution in [0.15, 0.2) is 34.8 Å². The van der Waals surface area contributed by atoms with E-state index in [2.05, 4.69) is 15.0 Å². The summed E-state index contributed by atoms with van der Waals surface area (Å²) in [5.41, 5.74) is -0.114. The van der Waals surface area contributed by atoms with E-state index < -0.39 is 15.8 Å². The van der Waals surface area contributed by atoms with Crippen LogP contribution in [0.25, 0.3) is 0 Å². The quantitative estimate of drug-likeness (QED) is 0.883. The Balaban J connectivity index is 2.33. The average molecular weight is 301 g/mol. The predicted octanol–water partition coefficient (Wildman–Crippen LogP) is 1.80. The second-order valence-electron chi connectivity index (χ2n) is 3.70. The molecule has 0 amide bonds. The number of pyridine rings is 1. The van der Waals surface area contributed by atoms with E-state index in [4.69, 9.17) is 0 Å². The second-order valence-corrected chi connectivity index (χ2v) is 6.35. The molecule has 5 nitrogen and oxygen atoms in total. The van der Waals surface area contributed by atoms with Gasteiger partial charge in [0.25, 0.3) is 10.0 Å². The van der Waals surface area contributed by atoms with Crippen molar-refractivity contribution in [2.75, 3.05) is 11.8 Å². The molecule has 0 aromatic carbocycles. The van der Waals surface area contributed by atoms with Gasteiger partial charge >= 0.3 is 0 Å². The number of rotatable bonds is 5. The summed E-state index contributed by atoms with van der Waals surface area (Å²) in [7, 11) is -2.06. The molecule has 0 saturated heterocycles. The van der Waals surface area contributed by atoms with E-state index >= 15 is 0 Å². The van der Waals surface area contributed by atoms with Gasteiger partial charge in [-0.05, 0) is 24.6 Å². The van der Waals surface area contributed by atoms with E-state index in [1.54, 1.807) is 12.4 Å². The maximum absolute atomic E-state index is 13.4. The molecule has 2 aromatic rings. The Morgan fingerprint density at radius 2 is 2.21 bits per heavy atom. The fraction of sp³-hybridized carbons (Fsp3) is 0.182. The van der Waals surface area contributed by atoms with Crippen LogP contribution in [0.5, 0.6) is 0 Å². The Bertz CT molecular complexity index is 670. The molecule has 0 aliphatic rings. The highest BCUT2D eigenvalue weighted by Crippen LogP contribution is 2.24. The van der Waals surface area contributed by atoms with Crippen LogP contribution in [0.1, 0.15) is 4.88 Å². The molecule has 2 heterocycles. The number of thiophene rings is 1. The third kappa shape index (κ3) is 3.09. The summed E-state index contributed by atoms with van der Waals surface area (Å²) in [6.07, 6.45) is 2.28. The molecular formula is C11H12FN3O2S2. The minimum absolute atomic E-state index is 0.114. The Hall–Kier alpha value is -1.51. The van der Waals surface area contributed by atoms with E-state index in [1.807, 2.05) is 0 Å². The number of hydrogen-bond acceptors (Lipinski definition) is 5. The van der Waals surface area contributed by atoms with E-state index in [0.717, 1.165) is 6.20 Å². The summed E-state index contributed by atoms with van der Waals surface area (Å²) in [4.78, 5) is 4.39. The Labute approximate surface area is 114 Å². The van der Waals surface area contributed by atoms with Crippen molar-refractivity contribution < 1.29 is 12.8 Å². The molecule has 19 heavy (non-hydrogen) atoms. The van der Waals surface area contributed by atoms with Gasteiger partial charge in [0, 0.05) is 17.6 Å². The first kappa shape index (κ1) is 13.9. The first-order valence-corrected chi connectivity index (χ1v) is 7.74. The van der Waals surface area contributed by atoms with Crippen molar-refractivity contribution in [1.29, 1.82) is 0 Å². The minimum Gasteiger partial charge on any atom is -0.315 e. The van der Waals surface area contributed by atoms with Crippen molar-refractivity contribution >= 4 is 27.0 Å². The highest BCUT2D eigenvalue weighted by Gasteiger charge is 2.20. The molecule has 2 rings (SSSR count). The monoisotopic (exact) mass is 301 g/mol. The molecule has 0 aliphatic heterocycles. The highest BCUT2D eigenvalue weighted by molar-refractivity contribution is 7.93. The lowest BCUT2D eigenvalue weighted by molar-refractivity contribution is 0.597. The lowest BCUT2D eigenvalue weighted by Crippen LogP contribution is -2.16. The maximum atomic E-state index is 13.4. The number of nitrogens with one attached hydrogen (secondary N) is 2. The Morgan fingerprint density at radius 3 is 2.89 bits per heavy atom. The summed E-state index contributed by atoms with van der Waals surface area (Å²) in [6, 6.07) is 2.77. The van der Waals surface area contributed by atoms with Gasteiger partial charge in [-0.1, -0.05) is 0 Å². The van der Waals surface area contributed by atoms with Gasteiger partial charge in [-0.25, -0.2) is 12.8 Å². The predicted molar refractivity (Wildman–Crippen MR) is 72.1 cm³/mol. The van der Waals surface area contributed by atoms with Crippen LogP contribution < -0.4 is 10.0 Å². The van der Waals surface area contributed by atoms with Crippen LogP contribution in [0.4, 0.5) is 10.1 Å². The zero-order valence-electron chi connectivity index (χ0n) is 10.1. The molecule has 2 aromatic heterocycles. The lowest BCUT2D eigenvalue weighted by atomic mass is 10.4. The first-order valence-electron chi connectivity index (χ1n) is 5.38. The van der Waals surface area contributed by atoms with Crippen LogP contribution in [-0.2, 0) is 16.6 Å². The second kappa shape index (κ2) is 5.64. The SMILES string of the molecule is CNCc1sccc1S(=O)(=O)Nc1ccncc1F. The molecule has 0 unspecified atom stereocenters. The number of hydrogen-bond donors (Lipinski definition) is 2. The van der Waals surface area contributed by atoms with E-state index in [1.165, 1.54) is 29.7 Å². The number of anilines is 1. The largest absolute Gasteiger partial charge is 0.315 e. The van der Waals surface area contributed by atoms with Crippen molar-refractivity contribution in [3.8, 4) is 0 Å². The van der Waals surface area contributed by atoms with Crippen molar-refractivity contribution in [2.24, 2.45) is 0 Å². The molecule has 0 radical (unpaired) electrons. The van der Waals surface area contributed by atoms with Gasteiger partial charge in [0.2, 0.25) is 0 Å². The van der Waals surface area contributed by atoms with Crippen molar-refractivity contribution in [3.63, 3.8) is 0 Å². The first-order chi connectivity index (χ1) is 9.04. The Morgan fingerprint density at radius 1 is 1.42 bits per heavy atom. The summed E-state index contributed by atoms with van der Waals surface area (Å²) < 4.78 is 40.0. The van der Waals surface area contributed by atoms with Gasteiger partial charge < -0.3 is 5.32 Å². The van der Waals surface area contributed by atoms with Gasteiger partial charge in [0.1, 0.15) is 4.90 Å². The molecule has 8 heteroatoms. The van der Waals surface area contributed by atoms with Crippen LogP contribution in [0.2, 0.25) is 0 Å². The fourth-order valence-corrected chi connectivity index (χ4v) is 4.04. The summed E-state index contributed by atoms with van der Waals surface area (Å²) >= 11 is 1.33. The van der Waals surface area contributed by atoms with Gasteiger partial charge in [-0.2, -0.15) is 0 Å². The van der Waals surface area contributed by atoms with Crippen molar-refractivity contribution in [3.05, 3.63) is 40.6 Å². The van der Waals surface area contributed by atoms with Crippen LogP contribution in [0.3, 0.4) is 0 Å². The van der Waals surface area contributed by atoms with Gasteiger partial charge in [0.15, 0.2) is 5.82 Å². The van der Waals surface area contributed by atoms with E-state index in [-0.39, 0.29) is 10.6 Å². The molecular weight excluding hydrogens is 289 g/mol. The van der Waals surface area contributed by atoms with Crippen molar-refractivity contribution in [2.45, 2.75) is 11.4 Å². The number of aromatic nitrogens is 1. The average Bonchev–Trinajstić information content (AvgIpc) is 2.81. The molecule has 102 valence electrons. The molecule has 0 atom stereocenters. The molecule has 0 spiro atoms. The molecule has 2 N–H and O–H groups in total. The topological polar surface area (TPSA) is 71.1 Å². The van der Waals surface area contributed by atoms with Gasteiger partial charge in [0.05, 0.1) is 11.9 Å². The standard InChI is InChI=1S/C11H12FN3O2S2/c1-13-7-10-11(3-5-18-10)19(16,17)15-9-2-4-14-6-8(9)12/h2-6,13H,7H2,1H3,(H,14,15). The zero-order chi connectivity index (χ0) is 13.9. The zero-order valence-corrected chi connectivity index (χ0v) is 11.7. The normalized spacial score (nSPS) is 11.5. The molecule has 0 saturated carbocycles. The molecule has 0 fully saturated rings. The smallest absolute Gasteiger partial charge is 0.263 e. The van der Waals surface area contributed by atoms with Gasteiger partial charge in [-0.3, -0.25) is 9.71 Å². The summed E-state index contributed by atoms with van der Waals surface area (Å²) in [5.74, 6) is -0.712. The summed E-state index contributed by atoms with van der Waals surface area (Å²) in [6.45, 7) is 0.437. The van der Waals surface area contributed by atoms with Gasteiger partial charge in [-0.15, -0.1) is 11.3 Å². The minimum atomic E-state index is -3.79. The summed E-state index contributed by atoms with van der Waals surface area (Å²) in [5, 5.41) is 4.58. The number of halogens is 1. The van der Waals surface area contributed by atoms with Crippen LogP contribution in [0, 0.1) is 5.82 Å². The van der Waals surface area contributed by atoms with E-state index in [9.17, 15) is 12.8 Å². The van der Waals surface area contributed by atoms with Crippen molar-refractivity contribution in [1.82, 2.24) is 10.3 Å². The fourth-order valence-electron chi connectivity index (χ4n) is 1.52. The Kier molecular flexibility index (Phi) is 4.13. The van der Waals surface area contributed by atoms with Crippen LogP contribution in [-0.4, -0.2) is 20.4 Å². The molecule has 0 aliphatic carbocycles. The third-order valence-corrected chi connectivity index (χ3v) is 4.85. The lowest BCUT2D eigenvalue weighted by Gasteiger charge is -2.09. The third-order valence-electron chi connectivity index (χ3n) is 2.35. The maximum Gasteiger partial charge on any atom is 0.263 e. The van der Waals surface area contributed by atoms with Crippen LogP contribution >= 0.6 is 11.3 Å². The highest BCUT2D eigenvalue weighted by atomic mass is 32.2. The molecule has 0 bridgehead atoms. The number of nitrogens with zero attached hydrogens (tertiary/aromatic N) is 1. The van der Waals surface area contributed by atoms with E-state index in [0.29, 0.717) is 11.4 Å².